The maximum Gasteiger partial charge on any atom is 0.336 e. The summed E-state index contributed by atoms with van der Waals surface area (Å²) >= 11 is 0. The van der Waals surface area contributed by atoms with Gasteiger partial charge in [0.15, 0.2) is 0 Å². The minimum atomic E-state index is -1.04. The highest BCUT2D eigenvalue weighted by molar-refractivity contribution is 6.02. The molecule has 0 spiro atoms. The van der Waals surface area contributed by atoms with Crippen molar-refractivity contribution in [2.24, 2.45) is 0 Å². The molecule has 0 unspecified atom stereocenters. The summed E-state index contributed by atoms with van der Waals surface area (Å²) in [7, 11) is 0. The first-order valence-corrected chi connectivity index (χ1v) is 6.69. The normalized spacial score (nSPS) is 16.4. The molecular weight excluding hydrogens is 259 g/mol. The van der Waals surface area contributed by atoms with Crippen LogP contribution in [0.5, 0.6) is 0 Å². The van der Waals surface area contributed by atoms with Crippen LogP contribution in [-0.4, -0.2) is 29.1 Å². The summed E-state index contributed by atoms with van der Waals surface area (Å²) < 4.78 is 13.3. The average molecular weight is 274 g/mol. The van der Waals surface area contributed by atoms with Crippen molar-refractivity contribution in [2.45, 2.75) is 18.8 Å². The van der Waals surface area contributed by atoms with Crippen molar-refractivity contribution in [3.8, 4) is 0 Å². The van der Waals surface area contributed by atoms with E-state index in [1.54, 1.807) is 12.1 Å². The summed E-state index contributed by atoms with van der Waals surface area (Å²) in [6, 6.07) is 5.69. The van der Waals surface area contributed by atoms with Gasteiger partial charge in [-0.3, -0.25) is 4.98 Å². The van der Waals surface area contributed by atoms with Crippen molar-refractivity contribution in [3.05, 3.63) is 41.3 Å². The van der Waals surface area contributed by atoms with Crippen LogP contribution in [-0.2, 0) is 0 Å². The maximum atomic E-state index is 13.3. The zero-order chi connectivity index (χ0) is 14.1. The number of rotatable bonds is 2. The first kappa shape index (κ1) is 13.0. The second-order valence-electron chi connectivity index (χ2n) is 5.09. The van der Waals surface area contributed by atoms with Crippen LogP contribution >= 0.6 is 0 Å². The minimum Gasteiger partial charge on any atom is -0.478 e. The van der Waals surface area contributed by atoms with Crippen molar-refractivity contribution in [2.75, 3.05) is 13.1 Å². The molecule has 1 fully saturated rings. The highest BCUT2D eigenvalue weighted by Crippen LogP contribution is 2.28. The average Bonchev–Trinajstić information content (AvgIpc) is 2.47. The fourth-order valence-electron chi connectivity index (χ4n) is 2.72. The number of nitrogens with zero attached hydrogens (tertiary/aromatic N) is 1. The lowest BCUT2D eigenvalue weighted by Crippen LogP contribution is -2.27. The number of carboxylic acid groups (broad SMARTS) is 1. The maximum absolute atomic E-state index is 13.3. The van der Waals surface area contributed by atoms with E-state index in [1.807, 2.05) is 0 Å². The fourth-order valence-corrected chi connectivity index (χ4v) is 2.72. The van der Waals surface area contributed by atoms with E-state index in [0.29, 0.717) is 10.9 Å². The molecule has 0 saturated carbocycles. The van der Waals surface area contributed by atoms with Crippen LogP contribution in [0.15, 0.2) is 24.3 Å². The topological polar surface area (TPSA) is 62.2 Å². The number of nitrogens with one attached hydrogen (secondary N) is 1. The highest BCUT2D eigenvalue weighted by atomic mass is 19.1. The Morgan fingerprint density at radius 3 is 2.75 bits per heavy atom. The lowest BCUT2D eigenvalue weighted by molar-refractivity contribution is 0.0699. The Hall–Kier alpha value is -2.01. The molecule has 5 heteroatoms. The number of fused-ring (bicyclic) bond motifs is 1. The van der Waals surface area contributed by atoms with Gasteiger partial charge in [-0.15, -0.1) is 0 Å². The summed E-state index contributed by atoms with van der Waals surface area (Å²) in [5.74, 6) is -1.22. The number of piperidine rings is 1. The van der Waals surface area contributed by atoms with Crippen molar-refractivity contribution in [1.29, 1.82) is 0 Å². The van der Waals surface area contributed by atoms with Crippen molar-refractivity contribution in [1.82, 2.24) is 10.3 Å². The molecule has 0 aliphatic carbocycles. The summed E-state index contributed by atoms with van der Waals surface area (Å²) in [5.41, 5.74) is 1.46. The standard InChI is InChI=1S/C15H15FN2O2/c16-10-1-2-13-11(7-10)12(15(19)20)8-14(18-13)9-3-5-17-6-4-9/h1-2,7-9,17H,3-6H2,(H,19,20). The van der Waals surface area contributed by atoms with Crippen LogP contribution in [0.4, 0.5) is 4.39 Å². The van der Waals surface area contributed by atoms with Crippen molar-refractivity contribution in [3.63, 3.8) is 0 Å². The van der Waals surface area contributed by atoms with E-state index < -0.39 is 11.8 Å². The van der Waals surface area contributed by atoms with E-state index in [4.69, 9.17) is 0 Å². The van der Waals surface area contributed by atoms with Gasteiger partial charge < -0.3 is 10.4 Å². The zero-order valence-corrected chi connectivity index (χ0v) is 10.9. The molecule has 0 amide bonds. The van der Waals surface area contributed by atoms with Gasteiger partial charge in [0.05, 0.1) is 11.1 Å². The van der Waals surface area contributed by atoms with Gasteiger partial charge in [-0.25, -0.2) is 9.18 Å². The molecule has 1 saturated heterocycles. The van der Waals surface area contributed by atoms with Crippen molar-refractivity contribution < 1.29 is 14.3 Å². The van der Waals surface area contributed by atoms with Gasteiger partial charge in [-0.05, 0) is 50.2 Å². The Morgan fingerprint density at radius 1 is 1.30 bits per heavy atom. The molecular formula is C15H15FN2O2. The molecule has 0 radical (unpaired) electrons. The molecule has 20 heavy (non-hydrogen) atoms. The molecule has 0 bridgehead atoms. The Morgan fingerprint density at radius 2 is 2.05 bits per heavy atom. The second-order valence-corrected chi connectivity index (χ2v) is 5.09. The SMILES string of the molecule is O=C(O)c1cc(C2CCNCC2)nc2ccc(F)cc12. The monoisotopic (exact) mass is 274 g/mol. The van der Waals surface area contributed by atoms with E-state index in [1.165, 1.54) is 12.1 Å². The predicted molar refractivity (Wildman–Crippen MR) is 73.5 cm³/mol. The molecule has 2 heterocycles. The van der Waals surface area contributed by atoms with Gasteiger partial charge in [-0.1, -0.05) is 0 Å². The molecule has 3 rings (SSSR count). The molecule has 1 aromatic heterocycles. The Balaban J connectivity index is 2.15. The smallest absolute Gasteiger partial charge is 0.336 e. The predicted octanol–water partition coefficient (Wildman–Crippen LogP) is 2.54. The van der Waals surface area contributed by atoms with Crippen LogP contribution < -0.4 is 5.32 Å². The number of carbonyl (C=O) groups is 1. The van der Waals surface area contributed by atoms with E-state index in [2.05, 4.69) is 10.3 Å². The first-order valence-electron chi connectivity index (χ1n) is 6.69. The van der Waals surface area contributed by atoms with Crippen LogP contribution in [0.2, 0.25) is 0 Å². The summed E-state index contributed by atoms with van der Waals surface area (Å²) in [6.45, 7) is 1.83. The second kappa shape index (κ2) is 5.17. The van der Waals surface area contributed by atoms with Gasteiger partial charge in [0.1, 0.15) is 5.82 Å². The van der Waals surface area contributed by atoms with Gasteiger partial charge in [0.2, 0.25) is 0 Å². The van der Waals surface area contributed by atoms with E-state index in [9.17, 15) is 14.3 Å². The molecule has 0 atom stereocenters. The number of benzene rings is 1. The Labute approximate surface area is 115 Å². The van der Waals surface area contributed by atoms with Crippen LogP contribution in [0.25, 0.3) is 10.9 Å². The number of halogens is 1. The van der Waals surface area contributed by atoms with Crippen LogP contribution in [0, 0.1) is 5.82 Å². The van der Waals surface area contributed by atoms with Gasteiger partial charge in [0, 0.05) is 17.0 Å². The first-order chi connectivity index (χ1) is 9.65. The minimum absolute atomic E-state index is 0.128. The number of hydrogen-bond donors (Lipinski definition) is 2. The summed E-state index contributed by atoms with van der Waals surface area (Å²) in [5, 5.41) is 13.0. The van der Waals surface area contributed by atoms with Crippen molar-refractivity contribution >= 4 is 16.9 Å². The lowest BCUT2D eigenvalue weighted by Gasteiger charge is -2.22. The number of hydrogen-bond acceptors (Lipinski definition) is 3. The quantitative estimate of drug-likeness (QED) is 0.883. The van der Waals surface area contributed by atoms with Gasteiger partial charge in [0.25, 0.3) is 0 Å². The van der Waals surface area contributed by atoms with E-state index in [-0.39, 0.29) is 11.5 Å². The number of pyridine rings is 1. The third kappa shape index (κ3) is 2.36. The molecule has 4 nitrogen and oxygen atoms in total. The molecule has 1 aromatic carbocycles. The van der Waals surface area contributed by atoms with Gasteiger partial charge >= 0.3 is 5.97 Å². The Bertz CT molecular complexity index is 666. The van der Waals surface area contributed by atoms with Gasteiger partial charge in [-0.2, -0.15) is 0 Å². The molecule has 1 aliphatic heterocycles. The fraction of sp³-hybridized carbons (Fsp3) is 0.333. The van der Waals surface area contributed by atoms with Crippen LogP contribution in [0.3, 0.4) is 0 Å². The largest absolute Gasteiger partial charge is 0.478 e. The number of carboxylic acids is 1. The van der Waals surface area contributed by atoms with E-state index >= 15 is 0 Å². The Kier molecular flexibility index (Phi) is 3.36. The third-order valence-electron chi connectivity index (χ3n) is 3.78. The molecule has 2 aromatic rings. The zero-order valence-electron chi connectivity index (χ0n) is 10.9. The molecule has 1 aliphatic rings. The highest BCUT2D eigenvalue weighted by Gasteiger charge is 2.20. The third-order valence-corrected chi connectivity index (χ3v) is 3.78. The number of aromatic carboxylic acids is 1. The molecule has 2 N–H and O–H groups in total. The number of aromatic nitrogens is 1. The summed E-state index contributed by atoms with van der Waals surface area (Å²) in [6.07, 6.45) is 1.89. The van der Waals surface area contributed by atoms with E-state index in [0.717, 1.165) is 31.6 Å². The van der Waals surface area contributed by atoms with Crippen LogP contribution in [0.1, 0.15) is 34.8 Å². The molecule has 104 valence electrons. The summed E-state index contributed by atoms with van der Waals surface area (Å²) in [4.78, 5) is 15.9. The lowest BCUT2D eigenvalue weighted by atomic mass is 9.92.